The first-order valence-electron chi connectivity index (χ1n) is 9.52. The lowest BCUT2D eigenvalue weighted by Gasteiger charge is -2.27. The number of amides is 1. The SMILES string of the molecule is Cc1cc(Br)c(Br)c(C(O)=C2CCN(C(=O)OC(C)(C)C)c3ccccc3C2=O)c1. The van der Waals surface area contributed by atoms with Gasteiger partial charge in [-0.25, -0.2) is 4.79 Å². The summed E-state index contributed by atoms with van der Waals surface area (Å²) in [5.74, 6) is -0.407. The fourth-order valence-corrected chi connectivity index (χ4v) is 4.30. The van der Waals surface area contributed by atoms with Gasteiger partial charge < -0.3 is 9.84 Å². The molecule has 2 aromatic carbocycles. The third-order valence-corrected chi connectivity index (χ3v) is 6.64. The summed E-state index contributed by atoms with van der Waals surface area (Å²) in [4.78, 5) is 27.6. The first kappa shape index (κ1) is 22.6. The van der Waals surface area contributed by atoms with E-state index in [2.05, 4.69) is 31.9 Å². The molecule has 158 valence electrons. The van der Waals surface area contributed by atoms with Crippen LogP contribution in [0.1, 0.15) is 48.7 Å². The van der Waals surface area contributed by atoms with Gasteiger partial charge in [0.15, 0.2) is 5.78 Å². The Kier molecular flexibility index (Phi) is 6.43. The van der Waals surface area contributed by atoms with Crippen LogP contribution in [0.2, 0.25) is 0 Å². The number of para-hydroxylation sites is 1. The molecule has 0 unspecified atom stereocenters. The summed E-state index contributed by atoms with van der Waals surface area (Å²) in [7, 11) is 0. The van der Waals surface area contributed by atoms with Crippen LogP contribution in [0.15, 0.2) is 50.9 Å². The number of nitrogens with zero attached hydrogens (tertiary/aromatic N) is 1. The van der Waals surface area contributed by atoms with Crippen LogP contribution in [0.3, 0.4) is 0 Å². The minimum atomic E-state index is -0.665. The highest BCUT2D eigenvalue weighted by Gasteiger charge is 2.32. The number of rotatable bonds is 1. The Bertz CT molecular complexity index is 1050. The molecule has 1 heterocycles. The molecule has 0 radical (unpaired) electrons. The molecule has 0 saturated heterocycles. The number of carbonyl (C=O) groups is 2. The van der Waals surface area contributed by atoms with E-state index >= 15 is 0 Å². The summed E-state index contributed by atoms with van der Waals surface area (Å²) in [6.07, 6.45) is -0.334. The van der Waals surface area contributed by atoms with Crippen molar-refractivity contribution in [1.82, 2.24) is 0 Å². The topological polar surface area (TPSA) is 66.8 Å². The van der Waals surface area contributed by atoms with E-state index in [1.54, 1.807) is 45.0 Å². The second-order valence-electron chi connectivity index (χ2n) is 8.16. The summed E-state index contributed by atoms with van der Waals surface area (Å²) in [5.41, 5.74) is 1.88. The van der Waals surface area contributed by atoms with E-state index < -0.39 is 11.7 Å². The number of hydrogen-bond acceptors (Lipinski definition) is 4. The first-order valence-corrected chi connectivity index (χ1v) is 11.1. The standard InChI is InChI=1S/C23H23Br2NO4/c1-13-11-16(19(25)17(24)12-13)21(28)15-9-10-26(22(29)30-23(2,3)4)18-8-6-5-7-14(18)20(15)27/h5-8,11-12,28H,9-10H2,1-4H3. The van der Waals surface area contributed by atoms with Crippen LogP contribution in [0, 0.1) is 6.92 Å². The van der Waals surface area contributed by atoms with Crippen LogP contribution in [-0.4, -0.2) is 29.1 Å². The van der Waals surface area contributed by atoms with Gasteiger partial charge in [-0.05, 0) is 95.8 Å². The number of aliphatic hydroxyl groups is 1. The summed E-state index contributed by atoms with van der Waals surface area (Å²) in [6, 6.07) is 10.6. The van der Waals surface area contributed by atoms with Gasteiger partial charge in [-0.2, -0.15) is 0 Å². The molecule has 0 atom stereocenters. The van der Waals surface area contributed by atoms with Gasteiger partial charge in [0, 0.05) is 32.2 Å². The third-order valence-electron chi connectivity index (χ3n) is 4.63. The predicted molar refractivity (Wildman–Crippen MR) is 125 cm³/mol. The number of hydrogen-bond donors (Lipinski definition) is 1. The maximum atomic E-state index is 13.4. The van der Waals surface area contributed by atoms with Gasteiger partial charge in [-0.3, -0.25) is 9.69 Å². The fourth-order valence-electron chi connectivity index (χ4n) is 3.31. The zero-order chi connectivity index (χ0) is 22.2. The number of aryl methyl sites for hydroxylation is 1. The van der Waals surface area contributed by atoms with Crippen LogP contribution in [0.5, 0.6) is 0 Å². The minimum absolute atomic E-state index is 0.0999. The molecule has 1 aliphatic heterocycles. The maximum Gasteiger partial charge on any atom is 0.414 e. The number of benzene rings is 2. The Morgan fingerprint density at radius 1 is 1.17 bits per heavy atom. The molecular weight excluding hydrogens is 514 g/mol. The predicted octanol–water partition coefficient (Wildman–Crippen LogP) is 6.82. The smallest absolute Gasteiger partial charge is 0.414 e. The molecule has 0 bridgehead atoms. The number of carbonyl (C=O) groups excluding carboxylic acids is 2. The largest absolute Gasteiger partial charge is 0.507 e. The average molecular weight is 537 g/mol. The highest BCUT2D eigenvalue weighted by molar-refractivity contribution is 9.13. The van der Waals surface area contributed by atoms with Crippen LogP contribution in [0.25, 0.3) is 5.76 Å². The Labute approximate surface area is 193 Å². The van der Waals surface area contributed by atoms with Crippen molar-refractivity contribution in [1.29, 1.82) is 0 Å². The molecule has 1 amide bonds. The number of fused-ring (bicyclic) bond motifs is 1. The number of ketones is 1. The summed E-state index contributed by atoms with van der Waals surface area (Å²) in [5, 5.41) is 11.1. The van der Waals surface area contributed by atoms with Crippen LogP contribution in [0.4, 0.5) is 10.5 Å². The van der Waals surface area contributed by atoms with Crippen molar-refractivity contribution >= 4 is 55.2 Å². The maximum absolute atomic E-state index is 13.4. The molecule has 1 N–H and O–H groups in total. The fraction of sp³-hybridized carbons (Fsp3) is 0.304. The Morgan fingerprint density at radius 3 is 2.50 bits per heavy atom. The Morgan fingerprint density at radius 2 is 1.83 bits per heavy atom. The molecule has 30 heavy (non-hydrogen) atoms. The molecule has 0 fully saturated rings. The lowest BCUT2D eigenvalue weighted by molar-refractivity contribution is 0.0581. The van der Waals surface area contributed by atoms with E-state index in [1.165, 1.54) is 4.90 Å². The van der Waals surface area contributed by atoms with Gasteiger partial charge >= 0.3 is 6.09 Å². The van der Waals surface area contributed by atoms with E-state index in [0.717, 1.165) is 10.0 Å². The summed E-state index contributed by atoms with van der Waals surface area (Å²) in [6.45, 7) is 7.51. The monoisotopic (exact) mass is 535 g/mol. The second-order valence-corrected chi connectivity index (χ2v) is 9.81. The number of anilines is 1. The van der Waals surface area contributed by atoms with Crippen LogP contribution >= 0.6 is 31.9 Å². The first-order chi connectivity index (χ1) is 14.0. The zero-order valence-electron chi connectivity index (χ0n) is 17.3. The zero-order valence-corrected chi connectivity index (χ0v) is 20.4. The highest BCUT2D eigenvalue weighted by Crippen LogP contribution is 2.37. The molecule has 0 aliphatic carbocycles. The number of Topliss-reactive ketones (excluding diaryl/α,β-unsaturated/α-hetero) is 1. The van der Waals surface area contributed by atoms with Gasteiger partial charge in [-0.1, -0.05) is 12.1 Å². The highest BCUT2D eigenvalue weighted by atomic mass is 79.9. The molecule has 7 heteroatoms. The van der Waals surface area contributed by atoms with Crippen molar-refractivity contribution in [2.24, 2.45) is 0 Å². The van der Waals surface area contributed by atoms with Crippen molar-refractivity contribution in [2.45, 2.75) is 39.7 Å². The van der Waals surface area contributed by atoms with Crippen molar-refractivity contribution in [3.63, 3.8) is 0 Å². The molecule has 1 aliphatic rings. The average Bonchev–Trinajstić information content (AvgIpc) is 2.80. The lowest BCUT2D eigenvalue weighted by Crippen LogP contribution is -2.37. The molecule has 2 aromatic rings. The van der Waals surface area contributed by atoms with Gasteiger partial charge in [0.25, 0.3) is 0 Å². The number of halogens is 2. The van der Waals surface area contributed by atoms with Crippen molar-refractivity contribution in [3.05, 3.63) is 67.6 Å². The quantitative estimate of drug-likeness (QED) is 0.321. The molecule has 3 rings (SSSR count). The van der Waals surface area contributed by atoms with E-state index in [9.17, 15) is 14.7 Å². The van der Waals surface area contributed by atoms with Crippen LogP contribution < -0.4 is 4.90 Å². The summed E-state index contributed by atoms with van der Waals surface area (Å²) >= 11 is 6.95. The molecule has 5 nitrogen and oxygen atoms in total. The normalized spacial score (nSPS) is 16.1. The molecule has 0 aromatic heterocycles. The van der Waals surface area contributed by atoms with E-state index in [4.69, 9.17) is 4.74 Å². The minimum Gasteiger partial charge on any atom is -0.507 e. The van der Waals surface area contributed by atoms with Gasteiger partial charge in [0.2, 0.25) is 0 Å². The Hall–Kier alpha value is -2.12. The second kappa shape index (κ2) is 8.55. The lowest BCUT2D eigenvalue weighted by atomic mass is 9.97. The van der Waals surface area contributed by atoms with Gasteiger partial charge in [-0.15, -0.1) is 0 Å². The Balaban J connectivity index is 2.12. The molecular formula is C23H23Br2NO4. The third kappa shape index (κ3) is 4.62. The van der Waals surface area contributed by atoms with Crippen molar-refractivity contribution < 1.29 is 19.4 Å². The van der Waals surface area contributed by atoms with Gasteiger partial charge in [0.05, 0.1) is 5.69 Å². The van der Waals surface area contributed by atoms with E-state index in [1.807, 2.05) is 19.1 Å². The number of aliphatic hydroxyl groups excluding tert-OH is 1. The van der Waals surface area contributed by atoms with Crippen molar-refractivity contribution in [2.75, 3.05) is 11.4 Å². The van der Waals surface area contributed by atoms with E-state index in [0.29, 0.717) is 21.3 Å². The van der Waals surface area contributed by atoms with E-state index in [-0.39, 0.29) is 30.1 Å². The molecule has 0 saturated carbocycles. The summed E-state index contributed by atoms with van der Waals surface area (Å²) < 4.78 is 6.98. The van der Waals surface area contributed by atoms with Crippen LogP contribution in [-0.2, 0) is 4.74 Å². The number of ether oxygens (including phenoxy) is 1. The molecule has 0 spiro atoms. The van der Waals surface area contributed by atoms with Crippen molar-refractivity contribution in [3.8, 4) is 0 Å². The van der Waals surface area contributed by atoms with Gasteiger partial charge in [0.1, 0.15) is 11.4 Å².